The number of benzene rings is 6. The molecule has 5 atom stereocenters. The van der Waals surface area contributed by atoms with Gasteiger partial charge >= 0.3 is 0 Å². The maximum absolute atomic E-state index is 2.77. The molecular formula is C57H53BN2. The molecule has 8 aliphatic carbocycles. The average Bonchev–Trinajstić information content (AvgIpc) is 3.60. The van der Waals surface area contributed by atoms with Gasteiger partial charge in [-0.1, -0.05) is 91.0 Å². The number of hydrogen-bond acceptors (Lipinski definition) is 2. The molecule has 8 saturated carbocycles. The molecule has 6 aromatic rings. The predicted molar refractivity (Wildman–Crippen MR) is 248 cm³/mol. The van der Waals surface area contributed by atoms with Crippen molar-refractivity contribution in [3.05, 3.63) is 151 Å². The van der Waals surface area contributed by atoms with Crippen LogP contribution >= 0.6 is 0 Å². The summed E-state index contributed by atoms with van der Waals surface area (Å²) in [5.41, 5.74) is 19.3. The SMILES string of the molecule is c1ccc(-c2cc3c4c(c2)N(c2ccc(C56CC7CC(CC(C7)C5)C6)cc2)c2ccc(C56CC7CC8CC(C5)C8(C7)C6)cc2B4c2ccccc2N3c2ccccc2)cc1. The highest BCUT2D eigenvalue weighted by Gasteiger charge is 2.71. The molecule has 6 aromatic carbocycles. The molecule has 10 aliphatic rings. The van der Waals surface area contributed by atoms with Crippen LogP contribution in [0.1, 0.15) is 88.2 Å². The summed E-state index contributed by atoms with van der Waals surface area (Å²) in [5.74, 6) is 5.71. The Hall–Kier alpha value is -5.02. The summed E-state index contributed by atoms with van der Waals surface area (Å²) in [6, 6.07) is 54.8. The van der Waals surface area contributed by atoms with Crippen molar-refractivity contribution in [3.63, 3.8) is 0 Å². The molecule has 8 fully saturated rings. The smallest absolute Gasteiger partial charge is 0.252 e. The Kier molecular flexibility index (Phi) is 6.55. The van der Waals surface area contributed by atoms with Gasteiger partial charge in [-0.25, -0.2) is 0 Å². The lowest BCUT2D eigenvalue weighted by Gasteiger charge is -2.57. The molecule has 0 N–H and O–H groups in total. The Morgan fingerprint density at radius 3 is 1.77 bits per heavy atom. The van der Waals surface area contributed by atoms with Gasteiger partial charge in [-0.3, -0.25) is 0 Å². The molecule has 0 saturated heterocycles. The third-order valence-electron chi connectivity index (χ3n) is 19.0. The lowest BCUT2D eigenvalue weighted by Crippen LogP contribution is -2.61. The Bertz CT molecular complexity index is 2720. The summed E-state index contributed by atoms with van der Waals surface area (Å²) < 4.78 is 0. The molecule has 7 bridgehead atoms. The molecule has 2 aliphatic heterocycles. The molecule has 60 heavy (non-hydrogen) atoms. The first-order chi connectivity index (χ1) is 29.5. The first-order valence-corrected chi connectivity index (χ1v) is 23.8. The number of anilines is 6. The lowest BCUT2D eigenvalue weighted by molar-refractivity contribution is -0.00518. The highest BCUT2D eigenvalue weighted by atomic mass is 15.2. The quantitative estimate of drug-likeness (QED) is 0.161. The van der Waals surface area contributed by atoms with E-state index in [0.29, 0.717) is 16.2 Å². The van der Waals surface area contributed by atoms with E-state index in [1.54, 1.807) is 11.1 Å². The van der Waals surface area contributed by atoms with E-state index >= 15 is 0 Å². The fraction of sp³-hybridized carbons (Fsp3) is 0.368. The van der Waals surface area contributed by atoms with Crippen molar-refractivity contribution in [2.45, 2.75) is 87.9 Å². The molecule has 5 unspecified atom stereocenters. The molecule has 2 heterocycles. The van der Waals surface area contributed by atoms with Gasteiger partial charge < -0.3 is 9.80 Å². The van der Waals surface area contributed by atoms with E-state index in [1.807, 2.05) is 0 Å². The molecule has 0 amide bonds. The number of nitrogens with zero attached hydrogens (tertiary/aromatic N) is 2. The molecule has 1 spiro atoms. The van der Waals surface area contributed by atoms with Crippen molar-refractivity contribution in [1.82, 2.24) is 0 Å². The van der Waals surface area contributed by atoms with E-state index in [1.165, 1.54) is 139 Å². The molecule has 294 valence electrons. The Morgan fingerprint density at radius 1 is 0.417 bits per heavy atom. The highest BCUT2D eigenvalue weighted by molar-refractivity contribution is 7.00. The molecule has 3 heteroatoms. The Morgan fingerprint density at radius 2 is 1.03 bits per heavy atom. The zero-order valence-electron chi connectivity index (χ0n) is 34.7. The largest absolute Gasteiger partial charge is 0.311 e. The zero-order chi connectivity index (χ0) is 39.0. The van der Waals surface area contributed by atoms with Crippen LogP contribution in [0.4, 0.5) is 34.1 Å². The highest BCUT2D eigenvalue weighted by Crippen LogP contribution is 2.79. The molecule has 0 radical (unpaired) electrons. The maximum Gasteiger partial charge on any atom is 0.252 e. The summed E-state index contributed by atoms with van der Waals surface area (Å²) in [6.45, 7) is 0.147. The average molecular weight is 777 g/mol. The van der Waals surface area contributed by atoms with Crippen LogP contribution in [0.25, 0.3) is 11.1 Å². The van der Waals surface area contributed by atoms with Crippen LogP contribution in [-0.2, 0) is 10.8 Å². The third-order valence-corrected chi connectivity index (χ3v) is 19.0. The van der Waals surface area contributed by atoms with Gasteiger partial charge in [0.2, 0.25) is 0 Å². The maximum atomic E-state index is 2.77. The third kappa shape index (κ3) is 4.37. The normalized spacial score (nSPS) is 34.0. The van der Waals surface area contributed by atoms with Gasteiger partial charge in [0.25, 0.3) is 6.71 Å². The monoisotopic (exact) mass is 776 g/mol. The van der Waals surface area contributed by atoms with Crippen molar-refractivity contribution in [2.75, 3.05) is 9.80 Å². The van der Waals surface area contributed by atoms with Gasteiger partial charge in [-0.05, 0) is 216 Å². The van der Waals surface area contributed by atoms with E-state index < -0.39 is 0 Å². The van der Waals surface area contributed by atoms with Crippen LogP contribution in [0, 0.1) is 40.9 Å². The van der Waals surface area contributed by atoms with Gasteiger partial charge in [-0.2, -0.15) is 0 Å². The van der Waals surface area contributed by atoms with E-state index in [-0.39, 0.29) is 6.71 Å². The summed E-state index contributed by atoms with van der Waals surface area (Å²) in [6.07, 6.45) is 17.5. The van der Waals surface area contributed by atoms with Gasteiger partial charge in [0.1, 0.15) is 0 Å². The summed E-state index contributed by atoms with van der Waals surface area (Å²) >= 11 is 0. The summed E-state index contributed by atoms with van der Waals surface area (Å²) in [5, 5.41) is 0. The minimum atomic E-state index is 0.147. The van der Waals surface area contributed by atoms with Crippen LogP contribution in [0.2, 0.25) is 0 Å². The van der Waals surface area contributed by atoms with E-state index in [4.69, 9.17) is 0 Å². The van der Waals surface area contributed by atoms with Crippen molar-refractivity contribution in [3.8, 4) is 11.1 Å². The summed E-state index contributed by atoms with van der Waals surface area (Å²) in [7, 11) is 0. The van der Waals surface area contributed by atoms with Crippen LogP contribution < -0.4 is 26.2 Å². The number of fused-ring (bicyclic) bond motifs is 6. The number of para-hydroxylation sites is 2. The fourth-order valence-electron chi connectivity index (χ4n) is 17.3. The number of hydrogen-bond donors (Lipinski definition) is 0. The Balaban J connectivity index is 0.964. The minimum Gasteiger partial charge on any atom is -0.311 e. The topological polar surface area (TPSA) is 6.48 Å². The first-order valence-electron chi connectivity index (χ1n) is 23.8. The van der Waals surface area contributed by atoms with E-state index in [9.17, 15) is 0 Å². The van der Waals surface area contributed by atoms with E-state index in [0.717, 1.165) is 35.5 Å². The first kappa shape index (κ1) is 33.7. The Labute approximate surface area is 356 Å². The summed E-state index contributed by atoms with van der Waals surface area (Å²) in [4.78, 5) is 5.27. The zero-order valence-corrected chi connectivity index (χ0v) is 34.7. The molecular weight excluding hydrogens is 723 g/mol. The van der Waals surface area contributed by atoms with Crippen molar-refractivity contribution >= 4 is 57.2 Å². The molecule has 2 nitrogen and oxygen atoms in total. The van der Waals surface area contributed by atoms with Crippen LogP contribution in [0.15, 0.2) is 140 Å². The van der Waals surface area contributed by atoms with E-state index in [2.05, 4.69) is 149 Å². The number of rotatable bonds is 5. The van der Waals surface area contributed by atoms with Gasteiger partial charge in [-0.15, -0.1) is 0 Å². The van der Waals surface area contributed by atoms with Gasteiger partial charge in [0.05, 0.1) is 0 Å². The van der Waals surface area contributed by atoms with Crippen molar-refractivity contribution < 1.29 is 0 Å². The van der Waals surface area contributed by atoms with Crippen LogP contribution in [0.3, 0.4) is 0 Å². The fourth-order valence-corrected chi connectivity index (χ4v) is 17.3. The minimum absolute atomic E-state index is 0.147. The second-order valence-electron chi connectivity index (χ2n) is 21.8. The second-order valence-corrected chi connectivity index (χ2v) is 21.8. The van der Waals surface area contributed by atoms with Gasteiger partial charge in [0.15, 0.2) is 0 Å². The van der Waals surface area contributed by atoms with Crippen molar-refractivity contribution in [1.29, 1.82) is 0 Å². The predicted octanol–water partition coefficient (Wildman–Crippen LogP) is 12.4. The van der Waals surface area contributed by atoms with Gasteiger partial charge in [0, 0.05) is 34.1 Å². The lowest BCUT2D eigenvalue weighted by atomic mass is 9.33. The van der Waals surface area contributed by atoms with Crippen molar-refractivity contribution in [2.24, 2.45) is 40.9 Å². The van der Waals surface area contributed by atoms with Crippen LogP contribution in [0.5, 0.6) is 0 Å². The molecule has 16 rings (SSSR count). The second kappa shape index (κ2) is 11.7. The van der Waals surface area contributed by atoms with Crippen LogP contribution in [-0.4, -0.2) is 6.71 Å². The molecule has 0 aromatic heterocycles. The standard InChI is InChI=1S/C57H53BN2/c1-3-9-40(10-4-1)41-25-52-54-53(26-41)60(47-18-15-42(16-19-47)55-29-36-21-37(30-55)23-38(22-36)31-55)51-20-17-43(56-32-39-24-44-27-45(34-56)57(44,33-39)35-56)28-49(51)58(54)48-13-7-8-14-50(48)59(52)46-11-5-2-6-12-46/h1-20,25-26,28,36-39,44-45H,21-24,27,29-35H2.